The molecule has 0 radical (unpaired) electrons. The molecule has 0 fully saturated rings. The Morgan fingerprint density at radius 2 is 1.83 bits per heavy atom. The van der Waals surface area contributed by atoms with E-state index in [1.54, 1.807) is 0 Å². The van der Waals surface area contributed by atoms with Gasteiger partial charge in [0.15, 0.2) is 0 Å². The summed E-state index contributed by atoms with van der Waals surface area (Å²) >= 11 is 2.27. The van der Waals surface area contributed by atoms with Gasteiger partial charge in [0.25, 0.3) is 0 Å². The molecule has 0 atom stereocenters. The molecule has 0 amide bonds. The Morgan fingerprint density at radius 3 is 2.39 bits per heavy atom. The first-order valence-electron chi connectivity index (χ1n) is 6.39. The predicted molar refractivity (Wildman–Crippen MR) is 84.6 cm³/mol. The van der Waals surface area contributed by atoms with Crippen molar-refractivity contribution in [2.75, 3.05) is 6.54 Å². The molecule has 18 heavy (non-hydrogen) atoms. The quantitative estimate of drug-likeness (QED) is 0.757. The van der Waals surface area contributed by atoms with Crippen LogP contribution in [0, 0.1) is 8.99 Å². The van der Waals surface area contributed by atoms with E-state index in [0.29, 0.717) is 25.2 Å². The zero-order valence-corrected chi connectivity index (χ0v) is 13.4. The third kappa shape index (κ3) is 5.96. The molecule has 0 saturated carbocycles. The summed E-state index contributed by atoms with van der Waals surface area (Å²) in [6, 6.07) is 8.15. The van der Waals surface area contributed by atoms with Gasteiger partial charge in [-0.3, -0.25) is 4.79 Å². The van der Waals surface area contributed by atoms with Gasteiger partial charge in [-0.25, -0.2) is 0 Å². The Morgan fingerprint density at radius 1 is 1.22 bits per heavy atom. The van der Waals surface area contributed by atoms with Crippen molar-refractivity contribution >= 4 is 28.4 Å². The van der Waals surface area contributed by atoms with Crippen molar-refractivity contribution in [2.24, 2.45) is 11.1 Å². The molecular formula is C15H22INO. The maximum absolute atomic E-state index is 11.9. The summed E-state index contributed by atoms with van der Waals surface area (Å²) in [6.45, 7) is 5.05. The highest BCUT2D eigenvalue weighted by Gasteiger charge is 2.18. The highest BCUT2D eigenvalue weighted by Crippen LogP contribution is 2.26. The van der Waals surface area contributed by atoms with Gasteiger partial charge in [0.2, 0.25) is 0 Å². The summed E-state index contributed by atoms with van der Waals surface area (Å²) in [5, 5.41) is 0. The van der Waals surface area contributed by atoms with Gasteiger partial charge in [0.1, 0.15) is 5.78 Å². The summed E-state index contributed by atoms with van der Waals surface area (Å²) in [7, 11) is 0. The molecule has 3 heteroatoms. The van der Waals surface area contributed by atoms with Crippen molar-refractivity contribution in [1.82, 2.24) is 0 Å². The summed E-state index contributed by atoms with van der Waals surface area (Å²) in [5.74, 6) is 0.321. The van der Waals surface area contributed by atoms with E-state index in [1.807, 2.05) is 24.3 Å². The summed E-state index contributed by atoms with van der Waals surface area (Å²) in [5.41, 5.74) is 6.86. The Labute approximate surface area is 123 Å². The molecule has 0 aliphatic heterocycles. The molecule has 0 bridgehead atoms. The van der Waals surface area contributed by atoms with Crippen molar-refractivity contribution in [3.63, 3.8) is 0 Å². The average molecular weight is 359 g/mol. The molecule has 2 nitrogen and oxygen atoms in total. The Hall–Kier alpha value is -0.420. The molecule has 1 aromatic carbocycles. The number of rotatable bonds is 7. The average Bonchev–Trinajstić information content (AvgIpc) is 2.30. The smallest absolute Gasteiger partial charge is 0.137 e. The van der Waals surface area contributed by atoms with Crippen LogP contribution in [0.5, 0.6) is 0 Å². The molecule has 0 heterocycles. The minimum absolute atomic E-state index is 0.177. The molecule has 1 rings (SSSR count). The Bertz CT molecular complexity index is 384. The molecule has 0 aliphatic rings. The van der Waals surface area contributed by atoms with Crippen LogP contribution in [-0.2, 0) is 11.2 Å². The van der Waals surface area contributed by atoms with E-state index in [2.05, 4.69) is 36.4 Å². The van der Waals surface area contributed by atoms with E-state index >= 15 is 0 Å². The lowest BCUT2D eigenvalue weighted by molar-refractivity contribution is -0.119. The van der Waals surface area contributed by atoms with Crippen molar-refractivity contribution in [3.8, 4) is 0 Å². The third-order valence-electron chi connectivity index (χ3n) is 3.22. The zero-order chi connectivity index (χ0) is 13.6. The van der Waals surface area contributed by atoms with Crippen LogP contribution in [0.25, 0.3) is 0 Å². The highest BCUT2D eigenvalue weighted by atomic mass is 127. The van der Waals surface area contributed by atoms with Gasteiger partial charge in [-0.2, -0.15) is 0 Å². The summed E-state index contributed by atoms with van der Waals surface area (Å²) in [6.07, 6.45) is 3.10. The van der Waals surface area contributed by atoms with Crippen LogP contribution in [-0.4, -0.2) is 12.3 Å². The topological polar surface area (TPSA) is 43.1 Å². The molecule has 1 aromatic rings. The maximum Gasteiger partial charge on any atom is 0.137 e. The first-order chi connectivity index (χ1) is 8.43. The van der Waals surface area contributed by atoms with E-state index in [0.717, 1.165) is 18.4 Å². The van der Waals surface area contributed by atoms with E-state index in [4.69, 9.17) is 5.73 Å². The standard InChI is InChI=1S/C15H22INO/c1-15(2,9-10-17)8-7-14(18)11-12-3-5-13(16)6-4-12/h3-6H,7-11,17H2,1-2H3. The Balaban J connectivity index is 2.40. The zero-order valence-electron chi connectivity index (χ0n) is 11.2. The van der Waals surface area contributed by atoms with E-state index in [1.165, 1.54) is 3.57 Å². The largest absolute Gasteiger partial charge is 0.330 e. The SMILES string of the molecule is CC(C)(CCN)CCC(=O)Cc1ccc(I)cc1. The number of carbonyl (C=O) groups is 1. The first kappa shape index (κ1) is 15.6. The first-order valence-corrected chi connectivity index (χ1v) is 7.47. The van der Waals surface area contributed by atoms with Crippen LogP contribution in [0.3, 0.4) is 0 Å². The number of benzene rings is 1. The van der Waals surface area contributed by atoms with Crippen LogP contribution >= 0.6 is 22.6 Å². The van der Waals surface area contributed by atoms with E-state index in [-0.39, 0.29) is 5.41 Å². The van der Waals surface area contributed by atoms with Gasteiger partial charge >= 0.3 is 0 Å². The number of carbonyl (C=O) groups excluding carboxylic acids is 1. The number of Topliss-reactive ketones (excluding diaryl/α,β-unsaturated/α-hetero) is 1. The van der Waals surface area contributed by atoms with Crippen molar-refractivity contribution in [1.29, 1.82) is 0 Å². The monoisotopic (exact) mass is 359 g/mol. The molecule has 0 unspecified atom stereocenters. The van der Waals surface area contributed by atoms with Crippen LogP contribution in [0.2, 0.25) is 0 Å². The fourth-order valence-corrected chi connectivity index (χ4v) is 2.27. The van der Waals surface area contributed by atoms with Gasteiger partial charge in [-0.15, -0.1) is 0 Å². The van der Waals surface area contributed by atoms with Crippen LogP contribution in [0.1, 0.15) is 38.7 Å². The number of hydrogen-bond donors (Lipinski definition) is 1. The predicted octanol–water partition coefficient (Wildman–Crippen LogP) is 3.56. The number of nitrogens with two attached hydrogens (primary N) is 1. The second-order valence-electron chi connectivity index (χ2n) is 5.54. The lowest BCUT2D eigenvalue weighted by Gasteiger charge is -2.23. The second kappa shape index (κ2) is 7.24. The lowest BCUT2D eigenvalue weighted by Crippen LogP contribution is -2.18. The highest BCUT2D eigenvalue weighted by molar-refractivity contribution is 14.1. The molecule has 0 aliphatic carbocycles. The van der Waals surface area contributed by atoms with E-state index in [9.17, 15) is 4.79 Å². The van der Waals surface area contributed by atoms with Crippen LogP contribution in [0.15, 0.2) is 24.3 Å². The number of hydrogen-bond acceptors (Lipinski definition) is 2. The lowest BCUT2D eigenvalue weighted by atomic mass is 9.83. The van der Waals surface area contributed by atoms with Gasteiger partial charge < -0.3 is 5.73 Å². The second-order valence-corrected chi connectivity index (χ2v) is 6.79. The fraction of sp³-hybridized carbons (Fsp3) is 0.533. The third-order valence-corrected chi connectivity index (χ3v) is 3.94. The fourth-order valence-electron chi connectivity index (χ4n) is 1.91. The maximum atomic E-state index is 11.9. The van der Waals surface area contributed by atoms with Gasteiger partial charge in [-0.05, 0) is 65.1 Å². The van der Waals surface area contributed by atoms with Crippen molar-refractivity contribution in [3.05, 3.63) is 33.4 Å². The minimum atomic E-state index is 0.177. The Kier molecular flexibility index (Phi) is 6.29. The van der Waals surface area contributed by atoms with Gasteiger partial charge in [0, 0.05) is 16.4 Å². The van der Waals surface area contributed by atoms with Crippen molar-refractivity contribution < 1.29 is 4.79 Å². The van der Waals surface area contributed by atoms with Crippen molar-refractivity contribution in [2.45, 2.75) is 39.5 Å². The molecule has 0 spiro atoms. The number of halogens is 1. The summed E-state index contributed by atoms with van der Waals surface area (Å²) < 4.78 is 1.20. The minimum Gasteiger partial charge on any atom is -0.330 e. The van der Waals surface area contributed by atoms with Gasteiger partial charge in [0.05, 0.1) is 0 Å². The van der Waals surface area contributed by atoms with Crippen LogP contribution in [0.4, 0.5) is 0 Å². The van der Waals surface area contributed by atoms with Gasteiger partial charge in [-0.1, -0.05) is 26.0 Å². The number of ketones is 1. The molecule has 100 valence electrons. The summed E-state index contributed by atoms with van der Waals surface area (Å²) in [4.78, 5) is 11.9. The molecule has 0 saturated heterocycles. The molecular weight excluding hydrogens is 337 g/mol. The normalized spacial score (nSPS) is 11.6. The van der Waals surface area contributed by atoms with Crippen LogP contribution < -0.4 is 5.73 Å². The molecule has 0 aromatic heterocycles. The molecule has 2 N–H and O–H groups in total. The van der Waals surface area contributed by atoms with E-state index < -0.39 is 0 Å².